The van der Waals surface area contributed by atoms with E-state index in [0.717, 1.165) is 24.0 Å². The maximum atomic E-state index is 12.9. The van der Waals surface area contributed by atoms with Gasteiger partial charge in [-0.1, -0.05) is 69.4 Å². The number of hydrogen-bond acceptors (Lipinski definition) is 4. The minimum atomic E-state index is -3.90. The fraction of sp³-hybridized carbons (Fsp3) is 0.542. The van der Waals surface area contributed by atoms with Crippen molar-refractivity contribution in [3.63, 3.8) is 0 Å². The maximum Gasteiger partial charge on any atom is 0.285 e. The Morgan fingerprint density at radius 3 is 2.43 bits per heavy atom. The highest BCUT2D eigenvalue weighted by Crippen LogP contribution is 2.35. The van der Waals surface area contributed by atoms with Gasteiger partial charge in [-0.05, 0) is 44.9 Å². The smallest absolute Gasteiger partial charge is 0.285 e. The zero-order chi connectivity index (χ0) is 22.4. The largest absolute Gasteiger partial charge is 0.440 e. The van der Waals surface area contributed by atoms with E-state index in [2.05, 4.69) is 18.2 Å². The molecule has 0 fully saturated rings. The average Bonchev–Trinajstić information content (AvgIpc) is 3.03. The van der Waals surface area contributed by atoms with E-state index in [-0.39, 0.29) is 16.7 Å². The summed E-state index contributed by atoms with van der Waals surface area (Å²) in [5.74, 6) is -0.972. The van der Waals surface area contributed by atoms with Crippen LogP contribution >= 0.6 is 0 Å². The lowest BCUT2D eigenvalue weighted by Gasteiger charge is -2.29. The number of aryl methyl sites for hydroxylation is 1. The molecule has 166 valence electrons. The minimum absolute atomic E-state index is 0.0226. The summed E-state index contributed by atoms with van der Waals surface area (Å²) in [6.07, 6.45) is 9.49. The fourth-order valence-electron chi connectivity index (χ4n) is 3.35. The first-order chi connectivity index (χ1) is 14.1. The quantitative estimate of drug-likeness (QED) is 0.427. The van der Waals surface area contributed by atoms with E-state index < -0.39 is 15.8 Å². The molecule has 0 saturated heterocycles. The van der Waals surface area contributed by atoms with Gasteiger partial charge in [0.2, 0.25) is 11.7 Å². The lowest BCUT2D eigenvalue weighted by molar-refractivity contribution is -0.157. The standard InChI is InChI=1S/C24H35NO4S/c1-7-8-9-10-11-20(5)16-21-17-24(28-6,18(2)3)29-23(21)25-30(26,27)22-14-12-19(4)13-15-22/h12-18H,7-11H2,1-6H3/b20-16+,25-23+. The molecule has 1 atom stereocenters. The first-order valence-corrected chi connectivity index (χ1v) is 12.1. The number of benzene rings is 1. The van der Waals surface area contributed by atoms with Crippen LogP contribution in [0, 0.1) is 12.8 Å². The Hall–Kier alpha value is -1.92. The van der Waals surface area contributed by atoms with Crippen molar-refractivity contribution >= 4 is 15.9 Å². The second kappa shape index (κ2) is 10.4. The second-order valence-corrected chi connectivity index (χ2v) is 9.87. The predicted octanol–water partition coefficient (Wildman–Crippen LogP) is 5.95. The van der Waals surface area contributed by atoms with Crippen LogP contribution in [0.15, 0.2) is 56.9 Å². The lowest BCUT2D eigenvalue weighted by Crippen LogP contribution is -2.36. The van der Waals surface area contributed by atoms with Crippen LogP contribution in [-0.4, -0.2) is 27.2 Å². The second-order valence-electron chi connectivity index (χ2n) is 8.27. The third-order valence-electron chi connectivity index (χ3n) is 5.33. The Kier molecular flexibility index (Phi) is 8.44. The van der Waals surface area contributed by atoms with E-state index in [0.29, 0.717) is 5.57 Å². The molecule has 0 aromatic heterocycles. The van der Waals surface area contributed by atoms with Crippen LogP contribution in [0.25, 0.3) is 0 Å². The van der Waals surface area contributed by atoms with Gasteiger partial charge >= 0.3 is 0 Å². The molecule has 0 saturated carbocycles. The van der Waals surface area contributed by atoms with Gasteiger partial charge in [-0.15, -0.1) is 4.40 Å². The molecule has 0 aliphatic carbocycles. The minimum Gasteiger partial charge on any atom is -0.440 e. The first kappa shape index (κ1) is 24.4. The molecule has 6 heteroatoms. The van der Waals surface area contributed by atoms with Crippen molar-refractivity contribution in [1.82, 2.24) is 0 Å². The summed E-state index contributed by atoms with van der Waals surface area (Å²) in [5.41, 5.74) is 2.80. The summed E-state index contributed by atoms with van der Waals surface area (Å²) < 4.78 is 41.5. The third kappa shape index (κ3) is 6.05. The van der Waals surface area contributed by atoms with E-state index in [1.807, 2.05) is 32.9 Å². The highest BCUT2D eigenvalue weighted by atomic mass is 32.2. The van der Waals surface area contributed by atoms with Crippen molar-refractivity contribution in [3.8, 4) is 0 Å². The number of hydrogen-bond donors (Lipinski definition) is 0. The molecular weight excluding hydrogens is 398 g/mol. The van der Waals surface area contributed by atoms with Gasteiger partial charge in [-0.2, -0.15) is 8.42 Å². The first-order valence-electron chi connectivity index (χ1n) is 10.7. The highest BCUT2D eigenvalue weighted by molar-refractivity contribution is 7.90. The van der Waals surface area contributed by atoms with Gasteiger partial charge in [0, 0.05) is 18.6 Å². The zero-order valence-electron chi connectivity index (χ0n) is 19.1. The van der Waals surface area contributed by atoms with Crippen molar-refractivity contribution in [2.75, 3.05) is 7.11 Å². The molecule has 1 aromatic carbocycles. The molecule has 30 heavy (non-hydrogen) atoms. The van der Waals surface area contributed by atoms with Gasteiger partial charge in [-0.3, -0.25) is 0 Å². The zero-order valence-corrected chi connectivity index (χ0v) is 19.9. The topological polar surface area (TPSA) is 65.0 Å². The van der Waals surface area contributed by atoms with Gasteiger partial charge in [0.05, 0.1) is 4.90 Å². The van der Waals surface area contributed by atoms with Crippen LogP contribution in [-0.2, 0) is 19.5 Å². The van der Waals surface area contributed by atoms with E-state index in [9.17, 15) is 8.42 Å². The molecule has 5 nitrogen and oxygen atoms in total. The summed E-state index contributed by atoms with van der Waals surface area (Å²) in [6.45, 7) is 10.1. The van der Waals surface area contributed by atoms with Gasteiger partial charge < -0.3 is 9.47 Å². The van der Waals surface area contributed by atoms with Gasteiger partial charge in [0.15, 0.2) is 0 Å². The third-order valence-corrected chi connectivity index (χ3v) is 6.61. The molecule has 0 bridgehead atoms. The molecule has 1 heterocycles. The molecule has 0 N–H and O–H groups in total. The Morgan fingerprint density at radius 2 is 1.87 bits per heavy atom. The number of methoxy groups -OCH3 is 1. The molecule has 1 aromatic rings. The Balaban J connectivity index is 2.39. The van der Waals surface area contributed by atoms with Crippen LogP contribution in [0.3, 0.4) is 0 Å². The van der Waals surface area contributed by atoms with E-state index in [4.69, 9.17) is 9.47 Å². The van der Waals surface area contributed by atoms with Gasteiger partial charge in [0.1, 0.15) is 0 Å². The summed E-state index contributed by atoms with van der Waals surface area (Å²) in [6, 6.07) is 6.64. The van der Waals surface area contributed by atoms with E-state index >= 15 is 0 Å². The molecular formula is C24H35NO4S. The van der Waals surface area contributed by atoms with Crippen LogP contribution in [0.5, 0.6) is 0 Å². The Morgan fingerprint density at radius 1 is 1.20 bits per heavy atom. The number of allylic oxidation sites excluding steroid dienone is 1. The molecule has 1 aliphatic rings. The SMILES string of the molecule is CCCCCC/C(C)=C/C1=CC(OC)(C(C)C)O/C1=N/S(=O)(=O)c1ccc(C)cc1. The van der Waals surface area contributed by atoms with Crippen molar-refractivity contribution in [1.29, 1.82) is 0 Å². The van der Waals surface area contributed by atoms with Gasteiger partial charge in [0.25, 0.3) is 10.0 Å². The number of unbranched alkanes of at least 4 members (excludes halogenated alkanes) is 3. The molecule has 0 spiro atoms. The van der Waals surface area contributed by atoms with Crippen molar-refractivity contribution in [2.45, 2.75) is 77.4 Å². The molecule has 0 amide bonds. The molecule has 1 unspecified atom stereocenters. The van der Waals surface area contributed by atoms with E-state index in [1.54, 1.807) is 31.4 Å². The summed E-state index contributed by atoms with van der Waals surface area (Å²) >= 11 is 0. The average molecular weight is 434 g/mol. The normalized spacial score (nSPS) is 21.2. The Labute approximate surface area is 181 Å². The molecule has 0 radical (unpaired) electrons. The van der Waals surface area contributed by atoms with Crippen LogP contribution in [0.2, 0.25) is 0 Å². The highest BCUT2D eigenvalue weighted by Gasteiger charge is 2.42. The number of rotatable bonds is 10. The maximum absolute atomic E-state index is 12.9. The number of sulfonamides is 1. The monoisotopic (exact) mass is 433 g/mol. The predicted molar refractivity (Wildman–Crippen MR) is 122 cm³/mol. The fourth-order valence-corrected chi connectivity index (χ4v) is 4.30. The van der Waals surface area contributed by atoms with Crippen LogP contribution in [0.1, 0.15) is 65.4 Å². The van der Waals surface area contributed by atoms with Crippen LogP contribution < -0.4 is 0 Å². The molecule has 2 rings (SSSR count). The van der Waals surface area contributed by atoms with Crippen molar-refractivity contribution in [2.24, 2.45) is 10.3 Å². The summed E-state index contributed by atoms with van der Waals surface area (Å²) in [5, 5.41) is 0. The van der Waals surface area contributed by atoms with Gasteiger partial charge in [-0.25, -0.2) is 0 Å². The van der Waals surface area contributed by atoms with Crippen LogP contribution in [0.4, 0.5) is 0 Å². The summed E-state index contributed by atoms with van der Waals surface area (Å²) in [7, 11) is -2.34. The number of ether oxygens (including phenoxy) is 2. The lowest BCUT2D eigenvalue weighted by atomic mass is 10.0. The van der Waals surface area contributed by atoms with Crippen molar-refractivity contribution in [3.05, 3.63) is 53.1 Å². The Bertz CT molecular complexity index is 911. The summed E-state index contributed by atoms with van der Waals surface area (Å²) in [4.78, 5) is 0.142. The molecule has 1 aliphatic heterocycles. The van der Waals surface area contributed by atoms with Crippen molar-refractivity contribution < 1.29 is 17.9 Å². The van der Waals surface area contributed by atoms with E-state index in [1.165, 1.54) is 19.3 Å². The number of nitrogens with zero attached hydrogens (tertiary/aromatic N) is 1.